The maximum Gasteiger partial charge on any atom is 0.309 e. The second-order valence-corrected chi connectivity index (χ2v) is 9.35. The molecular weight excluding hydrogens is 374 g/mol. The summed E-state index contributed by atoms with van der Waals surface area (Å²) in [7, 11) is 2.06. The maximum atomic E-state index is 12.4. The highest BCUT2D eigenvalue weighted by Crippen LogP contribution is 2.33. The van der Waals surface area contributed by atoms with Gasteiger partial charge in [0.1, 0.15) is 5.60 Å². The number of piperidine rings is 1. The second kappa shape index (κ2) is 8.66. The van der Waals surface area contributed by atoms with Gasteiger partial charge < -0.3 is 19.6 Å². The maximum absolute atomic E-state index is 12.4. The van der Waals surface area contributed by atoms with E-state index in [-0.39, 0.29) is 11.9 Å². The number of carbonyl (C=O) groups is 1. The number of benzene rings is 1. The van der Waals surface area contributed by atoms with E-state index < -0.39 is 5.60 Å². The Balaban J connectivity index is 1.75. The average molecular weight is 410 g/mol. The van der Waals surface area contributed by atoms with E-state index in [2.05, 4.69) is 40.8 Å². The average Bonchev–Trinajstić information content (AvgIpc) is 2.97. The molecule has 0 bridgehead atoms. The summed E-state index contributed by atoms with van der Waals surface area (Å²) >= 11 is 0. The van der Waals surface area contributed by atoms with E-state index in [0.717, 1.165) is 48.1 Å². The van der Waals surface area contributed by atoms with Crippen LogP contribution in [0.25, 0.3) is 17.0 Å². The van der Waals surface area contributed by atoms with Crippen LogP contribution in [0.2, 0.25) is 0 Å². The minimum atomic E-state index is -0.433. The zero-order chi connectivity index (χ0) is 22.1. The van der Waals surface area contributed by atoms with Gasteiger partial charge in [-0.2, -0.15) is 0 Å². The first-order chi connectivity index (χ1) is 14.2. The van der Waals surface area contributed by atoms with Crippen LogP contribution >= 0.6 is 0 Å². The molecule has 0 amide bonds. The molecule has 3 rings (SSSR count). The molecule has 0 aliphatic carbocycles. The van der Waals surface area contributed by atoms with E-state index in [4.69, 9.17) is 10.1 Å². The lowest BCUT2D eigenvalue weighted by Gasteiger charge is -2.36. The number of nitrogens with one attached hydrogen (secondary N) is 1. The highest BCUT2D eigenvalue weighted by Gasteiger charge is 2.31. The SMILES string of the molecule is C/C=C\c1c(C=N)c2ccc(N3CCC(C(C)C(=O)OC(C)(C)C)CC3)cc2n1C. The summed E-state index contributed by atoms with van der Waals surface area (Å²) in [6, 6.07) is 6.52. The first-order valence-electron chi connectivity index (χ1n) is 10.9. The van der Waals surface area contributed by atoms with Gasteiger partial charge in [0, 0.05) is 43.0 Å². The van der Waals surface area contributed by atoms with Crippen LogP contribution in [0.1, 0.15) is 58.7 Å². The largest absolute Gasteiger partial charge is 0.460 e. The molecule has 1 aromatic heterocycles. The van der Waals surface area contributed by atoms with Gasteiger partial charge in [-0.15, -0.1) is 0 Å². The molecule has 1 N–H and O–H groups in total. The number of hydrogen-bond donors (Lipinski definition) is 1. The van der Waals surface area contributed by atoms with Crippen molar-refractivity contribution in [3.05, 3.63) is 35.5 Å². The standard InChI is InChI=1S/C25H35N3O2/c1-7-8-22-21(16-26)20-10-9-19(15-23(20)27(22)6)28-13-11-18(12-14-28)17(2)24(29)30-25(3,4)5/h7-10,15-18,26H,11-14H2,1-6H3/b8-7-,26-16?. The van der Waals surface area contributed by atoms with Crippen molar-refractivity contribution < 1.29 is 9.53 Å². The first-order valence-corrected chi connectivity index (χ1v) is 10.9. The quantitative estimate of drug-likeness (QED) is 0.531. The fraction of sp³-hybridized carbons (Fsp3) is 0.520. The number of ether oxygens (including phenoxy) is 1. The molecule has 5 heteroatoms. The zero-order valence-electron chi connectivity index (χ0n) is 19.2. The van der Waals surface area contributed by atoms with Crippen LogP contribution in [0.15, 0.2) is 24.3 Å². The molecule has 2 heterocycles. The van der Waals surface area contributed by atoms with Crippen LogP contribution in [0.4, 0.5) is 5.69 Å². The zero-order valence-corrected chi connectivity index (χ0v) is 19.2. The monoisotopic (exact) mass is 409 g/mol. The molecule has 1 aliphatic rings. The van der Waals surface area contributed by atoms with Gasteiger partial charge >= 0.3 is 5.97 Å². The van der Waals surface area contributed by atoms with Crippen molar-refractivity contribution in [1.82, 2.24) is 4.57 Å². The summed E-state index contributed by atoms with van der Waals surface area (Å²) in [4.78, 5) is 14.9. The molecule has 0 saturated carbocycles. The lowest BCUT2D eigenvalue weighted by Crippen LogP contribution is -2.39. The van der Waals surface area contributed by atoms with Crippen molar-refractivity contribution in [2.75, 3.05) is 18.0 Å². The van der Waals surface area contributed by atoms with Gasteiger partial charge in [0.05, 0.1) is 17.1 Å². The Morgan fingerprint density at radius 3 is 2.50 bits per heavy atom. The number of aromatic nitrogens is 1. The van der Waals surface area contributed by atoms with E-state index in [1.165, 1.54) is 11.9 Å². The van der Waals surface area contributed by atoms with Crippen LogP contribution < -0.4 is 4.90 Å². The number of allylic oxidation sites excluding steroid dienone is 1. The summed E-state index contributed by atoms with van der Waals surface area (Å²) < 4.78 is 7.75. The Kier molecular flexibility index (Phi) is 6.39. The predicted molar refractivity (Wildman–Crippen MR) is 125 cm³/mol. The molecule has 162 valence electrons. The molecule has 0 radical (unpaired) electrons. The molecule has 1 aromatic carbocycles. The van der Waals surface area contributed by atoms with Crippen LogP contribution in [0.5, 0.6) is 0 Å². The van der Waals surface area contributed by atoms with Gasteiger partial charge in [-0.3, -0.25) is 4.79 Å². The highest BCUT2D eigenvalue weighted by molar-refractivity contribution is 6.03. The smallest absolute Gasteiger partial charge is 0.309 e. The third-order valence-corrected chi connectivity index (χ3v) is 6.13. The molecule has 30 heavy (non-hydrogen) atoms. The third-order valence-electron chi connectivity index (χ3n) is 6.13. The van der Waals surface area contributed by atoms with Crippen molar-refractivity contribution in [2.45, 2.75) is 53.1 Å². The Bertz CT molecular complexity index is 957. The number of fused-ring (bicyclic) bond motifs is 1. The fourth-order valence-corrected chi connectivity index (χ4v) is 4.43. The van der Waals surface area contributed by atoms with E-state index in [0.29, 0.717) is 5.92 Å². The summed E-state index contributed by atoms with van der Waals surface area (Å²) in [5.74, 6) is 0.211. The number of hydrogen-bond acceptors (Lipinski definition) is 4. The second-order valence-electron chi connectivity index (χ2n) is 9.35. The number of anilines is 1. The van der Waals surface area contributed by atoms with Crippen LogP contribution in [0.3, 0.4) is 0 Å². The number of esters is 1. The van der Waals surface area contributed by atoms with Crippen molar-refractivity contribution in [2.24, 2.45) is 18.9 Å². The van der Waals surface area contributed by atoms with Crippen LogP contribution in [0, 0.1) is 17.2 Å². The van der Waals surface area contributed by atoms with Crippen LogP contribution in [-0.4, -0.2) is 35.4 Å². The molecule has 1 aliphatic heterocycles. The lowest BCUT2D eigenvalue weighted by atomic mass is 9.85. The third kappa shape index (κ3) is 4.45. The molecule has 5 nitrogen and oxygen atoms in total. The molecule has 1 unspecified atom stereocenters. The highest BCUT2D eigenvalue weighted by atomic mass is 16.6. The van der Waals surface area contributed by atoms with E-state index in [1.54, 1.807) is 0 Å². The fourth-order valence-electron chi connectivity index (χ4n) is 4.43. The summed E-state index contributed by atoms with van der Waals surface area (Å²) in [5, 5.41) is 8.95. The Hall–Kier alpha value is -2.56. The normalized spacial score (nSPS) is 16.9. The van der Waals surface area contributed by atoms with Gasteiger partial charge in [-0.25, -0.2) is 0 Å². The first kappa shape index (κ1) is 22.1. The van der Waals surface area contributed by atoms with Gasteiger partial charge in [0.25, 0.3) is 0 Å². The number of nitrogens with zero attached hydrogens (tertiary/aromatic N) is 2. The summed E-state index contributed by atoms with van der Waals surface area (Å²) in [6.45, 7) is 11.6. The van der Waals surface area contributed by atoms with Crippen molar-refractivity contribution in [3.63, 3.8) is 0 Å². The van der Waals surface area contributed by atoms with Crippen molar-refractivity contribution in [3.8, 4) is 0 Å². The Labute approximate surface area is 180 Å². The van der Waals surface area contributed by atoms with Crippen molar-refractivity contribution in [1.29, 1.82) is 5.41 Å². The van der Waals surface area contributed by atoms with E-state index in [9.17, 15) is 4.79 Å². The topological polar surface area (TPSA) is 58.3 Å². The van der Waals surface area contributed by atoms with Crippen molar-refractivity contribution >= 4 is 34.9 Å². The van der Waals surface area contributed by atoms with Gasteiger partial charge in [-0.1, -0.05) is 19.1 Å². The summed E-state index contributed by atoms with van der Waals surface area (Å²) in [5.41, 5.74) is 3.93. The number of carbonyl (C=O) groups excluding carboxylic acids is 1. The molecule has 0 spiro atoms. The minimum Gasteiger partial charge on any atom is -0.460 e. The van der Waals surface area contributed by atoms with Crippen LogP contribution in [-0.2, 0) is 16.6 Å². The van der Waals surface area contributed by atoms with E-state index in [1.807, 2.05) is 40.7 Å². The minimum absolute atomic E-state index is 0.0692. The Morgan fingerprint density at radius 2 is 1.93 bits per heavy atom. The molecular formula is C25H35N3O2. The van der Waals surface area contributed by atoms with Gasteiger partial charge in [0.15, 0.2) is 0 Å². The number of rotatable bonds is 5. The molecule has 1 saturated heterocycles. The predicted octanol–water partition coefficient (Wildman–Crippen LogP) is 5.40. The number of aryl methyl sites for hydroxylation is 1. The van der Waals surface area contributed by atoms with E-state index >= 15 is 0 Å². The van der Waals surface area contributed by atoms with Gasteiger partial charge in [-0.05, 0) is 64.7 Å². The molecule has 1 atom stereocenters. The molecule has 1 fully saturated rings. The Morgan fingerprint density at radius 1 is 1.27 bits per heavy atom. The van der Waals surface area contributed by atoms with Gasteiger partial charge in [0.2, 0.25) is 0 Å². The summed E-state index contributed by atoms with van der Waals surface area (Å²) in [6.07, 6.45) is 7.49. The lowest BCUT2D eigenvalue weighted by molar-refractivity contribution is -0.161. The molecule has 2 aromatic rings.